The first kappa shape index (κ1) is 14.5. The van der Waals surface area contributed by atoms with Crippen molar-refractivity contribution in [2.45, 2.75) is 6.54 Å². The maximum Gasteiger partial charge on any atom is 0.329 e. The van der Waals surface area contributed by atoms with Gasteiger partial charge in [-0.05, 0) is 17.7 Å². The Kier molecular flexibility index (Phi) is 4.17. The first-order valence-electron chi connectivity index (χ1n) is 6.12. The number of ether oxygens (including phenoxy) is 1. The smallest absolute Gasteiger partial charge is 0.329 e. The van der Waals surface area contributed by atoms with Crippen molar-refractivity contribution in [1.29, 1.82) is 0 Å². The largest absolute Gasteiger partial charge is 0.497 e. The van der Waals surface area contributed by atoms with E-state index in [4.69, 9.17) is 10.5 Å². The molecule has 0 bridgehead atoms. The molecule has 8 nitrogen and oxygen atoms in total. The lowest BCUT2D eigenvalue weighted by Crippen LogP contribution is -2.20. The average Bonchev–Trinajstić information content (AvgIpc) is 2.47. The first-order valence-corrected chi connectivity index (χ1v) is 6.12. The molecule has 0 aliphatic heterocycles. The molecule has 1 aromatic carbocycles. The summed E-state index contributed by atoms with van der Waals surface area (Å²) in [6.45, 7) is 0.425. The first-order chi connectivity index (χ1) is 10.0. The molecule has 0 aliphatic rings. The molecule has 2 N–H and O–H groups in total. The number of nitrogens with two attached hydrogens (primary N) is 1. The molecule has 21 heavy (non-hydrogen) atoms. The van der Waals surface area contributed by atoms with Crippen LogP contribution in [0.3, 0.4) is 0 Å². The molecule has 0 amide bonds. The molecule has 0 saturated carbocycles. The number of anilines is 2. The summed E-state index contributed by atoms with van der Waals surface area (Å²) in [6.07, 6.45) is 1.11. The molecule has 0 unspecified atom stereocenters. The lowest BCUT2D eigenvalue weighted by Gasteiger charge is -2.18. The molecular formula is C13H15N5O3. The minimum absolute atomic E-state index is 0.00640. The van der Waals surface area contributed by atoms with Crippen molar-refractivity contribution in [3.05, 3.63) is 46.1 Å². The SMILES string of the molecule is COc1cccc(CN(C)c2nc(N)ncc2[N+](=O)[O-])c1. The lowest BCUT2D eigenvalue weighted by molar-refractivity contribution is -0.384. The van der Waals surface area contributed by atoms with Crippen molar-refractivity contribution in [2.24, 2.45) is 0 Å². The fourth-order valence-corrected chi connectivity index (χ4v) is 1.91. The molecule has 1 aromatic heterocycles. The van der Waals surface area contributed by atoms with Crippen LogP contribution in [0.15, 0.2) is 30.5 Å². The fraction of sp³-hybridized carbons (Fsp3) is 0.231. The molecule has 0 saturated heterocycles. The van der Waals surface area contributed by atoms with Crippen LogP contribution >= 0.6 is 0 Å². The van der Waals surface area contributed by atoms with Gasteiger partial charge in [0.1, 0.15) is 11.9 Å². The van der Waals surface area contributed by atoms with Crippen LogP contribution in [-0.2, 0) is 6.54 Å². The summed E-state index contributed by atoms with van der Waals surface area (Å²) in [5, 5.41) is 11.0. The van der Waals surface area contributed by atoms with Crippen LogP contribution in [-0.4, -0.2) is 29.0 Å². The molecule has 0 atom stereocenters. The predicted octanol–water partition coefficient (Wildman–Crippen LogP) is 1.61. The van der Waals surface area contributed by atoms with Crippen molar-refractivity contribution in [3.8, 4) is 5.75 Å². The maximum absolute atomic E-state index is 11.0. The maximum atomic E-state index is 11.0. The Morgan fingerprint density at radius 1 is 1.48 bits per heavy atom. The number of benzene rings is 1. The van der Waals surface area contributed by atoms with Gasteiger partial charge in [0.25, 0.3) is 0 Å². The number of nitrogens with zero attached hydrogens (tertiary/aromatic N) is 4. The number of nitro groups is 1. The zero-order valence-electron chi connectivity index (χ0n) is 11.7. The van der Waals surface area contributed by atoms with Crippen molar-refractivity contribution < 1.29 is 9.66 Å². The van der Waals surface area contributed by atoms with E-state index in [0.29, 0.717) is 6.54 Å². The highest BCUT2D eigenvalue weighted by molar-refractivity contribution is 5.58. The van der Waals surface area contributed by atoms with Crippen molar-refractivity contribution in [3.63, 3.8) is 0 Å². The topological polar surface area (TPSA) is 107 Å². The fourth-order valence-electron chi connectivity index (χ4n) is 1.91. The number of hydrogen-bond acceptors (Lipinski definition) is 7. The van der Waals surface area contributed by atoms with Crippen molar-refractivity contribution in [2.75, 3.05) is 24.8 Å². The van der Waals surface area contributed by atoms with Crippen molar-refractivity contribution in [1.82, 2.24) is 9.97 Å². The molecule has 0 fully saturated rings. The van der Waals surface area contributed by atoms with Crippen LogP contribution in [0.4, 0.5) is 17.5 Å². The Balaban J connectivity index is 2.29. The normalized spacial score (nSPS) is 10.2. The van der Waals surface area contributed by atoms with Gasteiger partial charge in [0.05, 0.1) is 12.0 Å². The summed E-state index contributed by atoms with van der Waals surface area (Å²) < 4.78 is 5.15. The Hall–Kier alpha value is -2.90. The van der Waals surface area contributed by atoms with Crippen LogP contribution in [0.1, 0.15) is 5.56 Å². The molecule has 0 radical (unpaired) electrons. The number of hydrogen-bond donors (Lipinski definition) is 1. The van der Waals surface area contributed by atoms with E-state index in [-0.39, 0.29) is 17.5 Å². The molecule has 2 aromatic rings. The highest BCUT2D eigenvalue weighted by Gasteiger charge is 2.20. The Labute approximate surface area is 121 Å². The summed E-state index contributed by atoms with van der Waals surface area (Å²) in [7, 11) is 3.28. The van der Waals surface area contributed by atoms with E-state index >= 15 is 0 Å². The van der Waals surface area contributed by atoms with Gasteiger partial charge in [-0.2, -0.15) is 4.98 Å². The summed E-state index contributed by atoms with van der Waals surface area (Å²) >= 11 is 0. The van der Waals surface area contributed by atoms with E-state index < -0.39 is 4.92 Å². The third-order valence-corrected chi connectivity index (χ3v) is 2.88. The Bertz CT molecular complexity index is 662. The van der Waals surface area contributed by atoms with Gasteiger partial charge in [0.15, 0.2) is 0 Å². The van der Waals surface area contributed by atoms with E-state index in [1.807, 2.05) is 24.3 Å². The van der Waals surface area contributed by atoms with Crippen LogP contribution in [0, 0.1) is 10.1 Å². The highest BCUT2D eigenvalue weighted by atomic mass is 16.6. The molecule has 0 spiro atoms. The van der Waals surface area contributed by atoms with E-state index in [9.17, 15) is 10.1 Å². The van der Waals surface area contributed by atoms with Gasteiger partial charge >= 0.3 is 5.69 Å². The second kappa shape index (κ2) is 6.04. The van der Waals surface area contributed by atoms with Gasteiger partial charge in [-0.15, -0.1) is 0 Å². The van der Waals surface area contributed by atoms with Gasteiger partial charge in [-0.25, -0.2) is 4.98 Å². The minimum atomic E-state index is -0.531. The standard InChI is InChI=1S/C13H15N5O3/c1-17(8-9-4-3-5-10(6-9)21-2)12-11(18(19)20)7-15-13(14)16-12/h3-7H,8H2,1-2H3,(H2,14,15,16). The van der Waals surface area contributed by atoms with Crippen LogP contribution in [0.2, 0.25) is 0 Å². The minimum Gasteiger partial charge on any atom is -0.497 e. The molecule has 110 valence electrons. The number of aromatic nitrogens is 2. The van der Waals surface area contributed by atoms with Gasteiger partial charge in [0, 0.05) is 13.6 Å². The zero-order valence-corrected chi connectivity index (χ0v) is 11.7. The summed E-state index contributed by atoms with van der Waals surface area (Å²) in [4.78, 5) is 19.8. The molecule has 8 heteroatoms. The lowest BCUT2D eigenvalue weighted by atomic mass is 10.2. The predicted molar refractivity (Wildman–Crippen MR) is 78.2 cm³/mol. The third-order valence-electron chi connectivity index (χ3n) is 2.88. The summed E-state index contributed by atoms with van der Waals surface area (Å²) in [5.41, 5.74) is 6.26. The van der Waals surface area contributed by atoms with E-state index in [0.717, 1.165) is 17.5 Å². The van der Waals surface area contributed by atoms with Gasteiger partial charge < -0.3 is 15.4 Å². The van der Waals surface area contributed by atoms with Crippen LogP contribution < -0.4 is 15.4 Å². The van der Waals surface area contributed by atoms with Crippen LogP contribution in [0.5, 0.6) is 5.75 Å². The monoisotopic (exact) mass is 289 g/mol. The highest BCUT2D eigenvalue weighted by Crippen LogP contribution is 2.26. The molecule has 2 rings (SSSR count). The molecule has 0 aliphatic carbocycles. The third kappa shape index (κ3) is 3.35. The number of methoxy groups -OCH3 is 1. The zero-order chi connectivity index (χ0) is 15.4. The molecular weight excluding hydrogens is 274 g/mol. The van der Waals surface area contributed by atoms with E-state index in [1.165, 1.54) is 0 Å². The second-order valence-corrected chi connectivity index (χ2v) is 4.40. The van der Waals surface area contributed by atoms with E-state index in [1.54, 1.807) is 19.1 Å². The summed E-state index contributed by atoms with van der Waals surface area (Å²) in [6, 6.07) is 7.43. The quantitative estimate of drug-likeness (QED) is 0.658. The van der Waals surface area contributed by atoms with Gasteiger partial charge in [-0.1, -0.05) is 12.1 Å². The summed E-state index contributed by atoms with van der Waals surface area (Å²) in [5.74, 6) is 0.890. The second-order valence-electron chi connectivity index (χ2n) is 4.40. The average molecular weight is 289 g/mol. The van der Waals surface area contributed by atoms with E-state index in [2.05, 4.69) is 9.97 Å². The van der Waals surface area contributed by atoms with Crippen LogP contribution in [0.25, 0.3) is 0 Å². The molecule has 1 heterocycles. The van der Waals surface area contributed by atoms with Gasteiger partial charge in [0.2, 0.25) is 11.8 Å². The van der Waals surface area contributed by atoms with Gasteiger partial charge in [-0.3, -0.25) is 10.1 Å². The number of rotatable bonds is 5. The Morgan fingerprint density at radius 2 is 2.24 bits per heavy atom. The number of nitrogen functional groups attached to an aromatic ring is 1. The van der Waals surface area contributed by atoms with Crippen molar-refractivity contribution >= 4 is 17.5 Å². The Morgan fingerprint density at radius 3 is 2.90 bits per heavy atom.